The van der Waals surface area contributed by atoms with Crippen molar-refractivity contribution in [1.82, 2.24) is 0 Å². The van der Waals surface area contributed by atoms with Crippen LogP contribution in [0, 0.1) is 0 Å². The lowest BCUT2D eigenvalue weighted by atomic mass is 9.67. The summed E-state index contributed by atoms with van der Waals surface area (Å²) in [6, 6.07) is 46.6. The number of esters is 2. The monoisotopic (exact) mass is 784 g/mol. The van der Waals surface area contributed by atoms with Gasteiger partial charge in [0.1, 0.15) is 50.1 Å². The van der Waals surface area contributed by atoms with Gasteiger partial charge in [-0.2, -0.15) is 0 Å². The molecule has 8 rings (SSSR count). The first-order valence-electron chi connectivity index (χ1n) is 19.5. The van der Waals surface area contributed by atoms with Crippen LogP contribution >= 0.6 is 0 Å². The highest BCUT2D eigenvalue weighted by atomic mass is 16.6. The highest BCUT2D eigenvalue weighted by Gasteiger charge is 2.46. The highest BCUT2D eigenvalue weighted by Crippen LogP contribution is 2.57. The maximum Gasteiger partial charge on any atom is 0.333 e. The summed E-state index contributed by atoms with van der Waals surface area (Å²) in [7, 11) is 0. The van der Waals surface area contributed by atoms with Crippen LogP contribution in [0.3, 0.4) is 0 Å². The maximum absolute atomic E-state index is 11.8. The molecule has 8 nitrogen and oxygen atoms in total. The molecule has 0 radical (unpaired) electrons. The Bertz CT molecular complexity index is 2660. The molecule has 2 N–H and O–H groups in total. The van der Waals surface area contributed by atoms with Gasteiger partial charge in [-0.05, 0) is 128 Å². The molecule has 0 aromatic heterocycles. The van der Waals surface area contributed by atoms with Gasteiger partial charge in [0.25, 0.3) is 0 Å². The number of hydrogen-bond donors (Lipinski definition) is 2. The molecule has 2 atom stereocenters. The standard InChI is InChI=1S/C51H44O8/c1-31(2)49(54)58-29-41(52)27-56-43-19-15-35-21-39(17-13-37(35)23-43)51(47-12-8-7-11-45(47)46-25-33-9-5-6-10-34(33)26-48(46)51)40-18-14-38-24-44(20-16-36(38)22-40)57-28-42(53)30-59-50(55)32(3)4/h5-26,41-42,52-53H,1,3,27-30H2,2,4H3. The molecule has 0 spiro atoms. The molecule has 0 saturated carbocycles. The fourth-order valence-corrected chi connectivity index (χ4v) is 7.92. The van der Waals surface area contributed by atoms with Crippen molar-refractivity contribution in [2.24, 2.45) is 0 Å². The third-order valence-electron chi connectivity index (χ3n) is 10.8. The van der Waals surface area contributed by atoms with E-state index in [2.05, 4.69) is 110 Å². The van der Waals surface area contributed by atoms with E-state index < -0.39 is 29.6 Å². The molecule has 296 valence electrons. The first kappa shape index (κ1) is 39.1. The zero-order valence-corrected chi connectivity index (χ0v) is 32.9. The summed E-state index contributed by atoms with van der Waals surface area (Å²) >= 11 is 0. The quantitative estimate of drug-likeness (QED) is 0.0830. The topological polar surface area (TPSA) is 112 Å². The van der Waals surface area contributed by atoms with E-state index in [1.165, 1.54) is 27.6 Å². The summed E-state index contributed by atoms with van der Waals surface area (Å²) < 4.78 is 22.0. The van der Waals surface area contributed by atoms with Gasteiger partial charge in [-0.15, -0.1) is 0 Å². The zero-order chi connectivity index (χ0) is 41.3. The molecule has 59 heavy (non-hydrogen) atoms. The Hall–Kier alpha value is -6.74. The van der Waals surface area contributed by atoms with E-state index in [0.717, 1.165) is 38.1 Å². The fraction of sp³-hybridized carbons (Fsp3) is 0.176. The molecular weight excluding hydrogens is 741 g/mol. The molecule has 2 unspecified atom stereocenters. The largest absolute Gasteiger partial charge is 0.491 e. The first-order chi connectivity index (χ1) is 28.5. The lowest BCUT2D eigenvalue weighted by Gasteiger charge is -2.34. The number of fused-ring (bicyclic) bond motifs is 6. The lowest BCUT2D eigenvalue weighted by molar-refractivity contribution is -0.143. The van der Waals surface area contributed by atoms with Crippen molar-refractivity contribution >= 4 is 44.3 Å². The van der Waals surface area contributed by atoms with Gasteiger partial charge in [-0.3, -0.25) is 0 Å². The van der Waals surface area contributed by atoms with E-state index in [1.807, 2.05) is 36.4 Å². The number of ether oxygens (including phenoxy) is 4. The van der Waals surface area contributed by atoms with Crippen LogP contribution < -0.4 is 9.47 Å². The second-order valence-electron chi connectivity index (χ2n) is 15.2. The van der Waals surface area contributed by atoms with Crippen LogP contribution in [0.4, 0.5) is 0 Å². The van der Waals surface area contributed by atoms with Gasteiger partial charge in [-0.1, -0.05) is 98.1 Å². The number of hydrogen-bond acceptors (Lipinski definition) is 8. The molecule has 8 heteroatoms. The molecule has 1 aliphatic carbocycles. The number of aliphatic hydroxyl groups is 2. The van der Waals surface area contributed by atoms with Gasteiger partial charge in [0, 0.05) is 11.1 Å². The molecule has 0 heterocycles. The predicted molar refractivity (Wildman–Crippen MR) is 231 cm³/mol. The van der Waals surface area contributed by atoms with Gasteiger partial charge in [0.2, 0.25) is 0 Å². The average Bonchev–Trinajstić information content (AvgIpc) is 3.54. The van der Waals surface area contributed by atoms with Crippen molar-refractivity contribution in [2.45, 2.75) is 31.5 Å². The van der Waals surface area contributed by atoms with Crippen LogP contribution in [0.15, 0.2) is 158 Å². The van der Waals surface area contributed by atoms with E-state index in [-0.39, 0.29) is 37.6 Å². The molecule has 7 aromatic carbocycles. The predicted octanol–water partition coefficient (Wildman–Crippen LogP) is 9.23. The second-order valence-corrected chi connectivity index (χ2v) is 15.2. The van der Waals surface area contributed by atoms with Crippen molar-refractivity contribution in [3.8, 4) is 22.6 Å². The molecule has 7 aromatic rings. The summed E-state index contributed by atoms with van der Waals surface area (Å²) in [6.07, 6.45) is -1.98. The smallest absolute Gasteiger partial charge is 0.333 e. The Kier molecular flexibility index (Phi) is 10.8. The summed E-state index contributed by atoms with van der Waals surface area (Å²) in [5, 5.41) is 27.1. The van der Waals surface area contributed by atoms with Crippen LogP contribution in [0.1, 0.15) is 36.1 Å². The van der Waals surface area contributed by atoms with E-state index in [4.69, 9.17) is 18.9 Å². The van der Waals surface area contributed by atoms with Crippen LogP contribution in [0.5, 0.6) is 11.5 Å². The maximum atomic E-state index is 11.8. The first-order valence-corrected chi connectivity index (χ1v) is 19.5. The number of rotatable bonds is 14. The average molecular weight is 785 g/mol. The third kappa shape index (κ3) is 7.68. The van der Waals surface area contributed by atoms with Gasteiger partial charge in [0.15, 0.2) is 0 Å². The second kappa shape index (κ2) is 16.3. The van der Waals surface area contributed by atoms with E-state index in [9.17, 15) is 19.8 Å². The lowest BCUT2D eigenvalue weighted by Crippen LogP contribution is -2.28. The van der Waals surface area contributed by atoms with Crippen LogP contribution in [0.2, 0.25) is 0 Å². The molecule has 0 aliphatic heterocycles. The third-order valence-corrected chi connectivity index (χ3v) is 10.8. The molecule has 0 saturated heterocycles. The summed E-state index contributed by atoms with van der Waals surface area (Å²) in [5.41, 5.74) is 6.82. The summed E-state index contributed by atoms with van der Waals surface area (Å²) in [4.78, 5) is 23.5. The van der Waals surface area contributed by atoms with Gasteiger partial charge in [-0.25, -0.2) is 9.59 Å². The van der Waals surface area contributed by atoms with E-state index in [0.29, 0.717) is 11.5 Å². The number of aliphatic hydroxyl groups excluding tert-OH is 2. The van der Waals surface area contributed by atoms with Crippen LogP contribution in [0.25, 0.3) is 43.4 Å². The zero-order valence-electron chi connectivity index (χ0n) is 32.9. The Labute approximate surface area is 342 Å². The molecule has 0 bridgehead atoms. The number of carbonyl (C=O) groups is 2. The van der Waals surface area contributed by atoms with Gasteiger partial charge in [0.05, 0.1) is 5.41 Å². The van der Waals surface area contributed by atoms with Crippen LogP contribution in [-0.4, -0.2) is 60.8 Å². The molecular formula is C51H44O8. The highest BCUT2D eigenvalue weighted by molar-refractivity contribution is 5.97. The Balaban J connectivity index is 1.17. The van der Waals surface area contributed by atoms with E-state index >= 15 is 0 Å². The van der Waals surface area contributed by atoms with Gasteiger partial charge < -0.3 is 29.2 Å². The van der Waals surface area contributed by atoms with Crippen molar-refractivity contribution in [3.05, 3.63) is 180 Å². The minimum atomic E-state index is -0.992. The minimum absolute atomic E-state index is 0.0395. The van der Waals surface area contributed by atoms with Crippen molar-refractivity contribution in [1.29, 1.82) is 0 Å². The van der Waals surface area contributed by atoms with Crippen LogP contribution in [-0.2, 0) is 24.5 Å². The Morgan fingerprint density at radius 2 is 0.949 bits per heavy atom. The fourth-order valence-electron chi connectivity index (χ4n) is 7.92. The van der Waals surface area contributed by atoms with Crippen molar-refractivity contribution in [2.75, 3.05) is 26.4 Å². The molecule has 0 fully saturated rings. The summed E-state index contributed by atoms with van der Waals surface area (Å²) in [6.45, 7) is 9.80. The Morgan fingerprint density at radius 1 is 0.508 bits per heavy atom. The van der Waals surface area contributed by atoms with Gasteiger partial charge >= 0.3 is 11.9 Å². The molecule has 1 aliphatic rings. The SMILES string of the molecule is C=C(C)C(=O)OCC(O)COc1ccc2cc(C3(c4ccc5cc(OCC(O)COC(=O)C(=C)C)ccc5c4)c4ccccc4-c4cc5ccccc5cc43)ccc2c1. The Morgan fingerprint density at radius 3 is 1.47 bits per heavy atom. The summed E-state index contributed by atoms with van der Waals surface area (Å²) in [5.74, 6) is 0.0719. The number of benzene rings is 7. The van der Waals surface area contributed by atoms with Crippen molar-refractivity contribution in [3.63, 3.8) is 0 Å². The van der Waals surface area contributed by atoms with Crippen molar-refractivity contribution < 1.29 is 38.7 Å². The number of carbonyl (C=O) groups excluding carboxylic acids is 2. The minimum Gasteiger partial charge on any atom is -0.491 e. The van der Waals surface area contributed by atoms with E-state index in [1.54, 1.807) is 13.8 Å². The molecule has 0 amide bonds. The normalized spacial score (nSPS) is 15.3.